The molecule has 1 fully saturated rings. The van der Waals surface area contributed by atoms with Gasteiger partial charge in [-0.05, 0) is 35.8 Å². The predicted molar refractivity (Wildman–Crippen MR) is 162 cm³/mol. The Morgan fingerprint density at radius 2 is 1.28 bits per heavy atom. The standard InChI is InChI=1S/C32H47N3O3S/c1-3-4-5-6-7-8-9-10-11-18-23-39-32-31(37-25-28-21-16-13-17-22-28)30(29(34-35-33)26(2)38-32)36-24-27-19-14-12-15-20-27/h12-17,19-22,26,29-32H,3-11,18,23-25H2,1-2H3/t26-,29-,30+,31-,32?/m1/s1. The summed E-state index contributed by atoms with van der Waals surface area (Å²) in [5.41, 5.74) is 11.3. The van der Waals surface area contributed by atoms with E-state index in [0.29, 0.717) is 13.2 Å². The van der Waals surface area contributed by atoms with Gasteiger partial charge < -0.3 is 14.2 Å². The summed E-state index contributed by atoms with van der Waals surface area (Å²) >= 11 is 1.81. The summed E-state index contributed by atoms with van der Waals surface area (Å²) in [7, 11) is 0. The molecule has 214 valence electrons. The van der Waals surface area contributed by atoms with E-state index < -0.39 is 12.1 Å². The molecule has 0 aromatic heterocycles. The normalized spacial score (nSPS) is 22.9. The highest BCUT2D eigenvalue weighted by Crippen LogP contribution is 2.35. The Kier molecular flexibility index (Phi) is 15.4. The number of benzene rings is 2. The van der Waals surface area contributed by atoms with Crippen molar-refractivity contribution in [2.75, 3.05) is 5.75 Å². The van der Waals surface area contributed by atoms with Gasteiger partial charge in [0.1, 0.15) is 11.5 Å². The minimum atomic E-state index is -0.464. The van der Waals surface area contributed by atoms with E-state index in [0.717, 1.165) is 23.3 Å². The molecule has 0 N–H and O–H groups in total. The zero-order chi connectivity index (χ0) is 27.5. The van der Waals surface area contributed by atoms with Crippen molar-refractivity contribution in [1.29, 1.82) is 0 Å². The first-order valence-corrected chi connectivity index (χ1v) is 15.9. The van der Waals surface area contributed by atoms with Crippen molar-refractivity contribution in [3.63, 3.8) is 0 Å². The van der Waals surface area contributed by atoms with Crippen LogP contribution in [0.3, 0.4) is 0 Å². The van der Waals surface area contributed by atoms with E-state index in [1.807, 2.05) is 55.5 Å². The maximum absolute atomic E-state index is 9.32. The number of hydrogen-bond donors (Lipinski definition) is 0. The average Bonchev–Trinajstić information content (AvgIpc) is 2.96. The summed E-state index contributed by atoms with van der Waals surface area (Å²) in [6, 6.07) is 19.8. The lowest BCUT2D eigenvalue weighted by Gasteiger charge is -2.44. The van der Waals surface area contributed by atoms with Crippen molar-refractivity contribution < 1.29 is 14.2 Å². The monoisotopic (exact) mass is 553 g/mol. The van der Waals surface area contributed by atoms with Crippen LogP contribution in [0.1, 0.15) is 89.2 Å². The molecule has 5 atom stereocenters. The first-order chi connectivity index (χ1) is 19.2. The van der Waals surface area contributed by atoms with Crippen molar-refractivity contribution in [2.24, 2.45) is 5.11 Å². The van der Waals surface area contributed by atoms with Gasteiger partial charge in [-0.3, -0.25) is 0 Å². The molecule has 0 bridgehead atoms. The highest BCUT2D eigenvalue weighted by Gasteiger charge is 2.45. The van der Waals surface area contributed by atoms with Crippen molar-refractivity contribution in [2.45, 2.75) is 121 Å². The van der Waals surface area contributed by atoms with Crippen molar-refractivity contribution >= 4 is 11.8 Å². The fourth-order valence-electron chi connectivity index (χ4n) is 5.03. The molecule has 0 aliphatic carbocycles. The van der Waals surface area contributed by atoms with Gasteiger partial charge in [-0.15, -0.1) is 11.8 Å². The molecule has 6 nitrogen and oxygen atoms in total. The van der Waals surface area contributed by atoms with Gasteiger partial charge in [0.25, 0.3) is 0 Å². The molecular formula is C32H47N3O3S. The number of thioether (sulfide) groups is 1. The Labute approximate surface area is 239 Å². The third kappa shape index (κ3) is 11.5. The van der Waals surface area contributed by atoms with Gasteiger partial charge >= 0.3 is 0 Å². The van der Waals surface area contributed by atoms with E-state index >= 15 is 0 Å². The smallest absolute Gasteiger partial charge is 0.132 e. The van der Waals surface area contributed by atoms with E-state index in [4.69, 9.17) is 14.2 Å². The van der Waals surface area contributed by atoms with Crippen LogP contribution in [0.4, 0.5) is 0 Å². The van der Waals surface area contributed by atoms with Gasteiger partial charge in [-0.2, -0.15) is 0 Å². The maximum Gasteiger partial charge on any atom is 0.132 e. The fraction of sp³-hybridized carbons (Fsp3) is 0.625. The summed E-state index contributed by atoms with van der Waals surface area (Å²) in [5, 5.41) is 4.10. The van der Waals surface area contributed by atoms with Gasteiger partial charge in [0, 0.05) is 4.91 Å². The molecule has 2 aromatic carbocycles. The second kappa shape index (κ2) is 19.1. The third-order valence-electron chi connectivity index (χ3n) is 7.29. The molecule has 1 unspecified atom stereocenters. The van der Waals surface area contributed by atoms with Crippen molar-refractivity contribution in [3.05, 3.63) is 82.2 Å². The molecule has 1 aliphatic rings. The quantitative estimate of drug-likeness (QED) is 0.0752. The average molecular weight is 554 g/mol. The Bertz CT molecular complexity index is 942. The van der Waals surface area contributed by atoms with Crippen LogP contribution in [-0.2, 0) is 27.4 Å². The Balaban J connectivity index is 1.57. The van der Waals surface area contributed by atoms with Crippen LogP contribution < -0.4 is 0 Å². The molecule has 0 spiro atoms. The lowest BCUT2D eigenvalue weighted by molar-refractivity contribution is -0.187. The third-order valence-corrected chi connectivity index (χ3v) is 8.53. The summed E-state index contributed by atoms with van der Waals surface area (Å²) in [6.45, 7) is 5.12. The largest absolute Gasteiger partial charge is 0.370 e. The van der Waals surface area contributed by atoms with Crippen LogP contribution in [0, 0.1) is 0 Å². The molecule has 7 heteroatoms. The summed E-state index contributed by atoms with van der Waals surface area (Å²) in [5.74, 6) is 1.01. The highest BCUT2D eigenvalue weighted by atomic mass is 32.2. The Morgan fingerprint density at radius 1 is 0.769 bits per heavy atom. The van der Waals surface area contributed by atoms with E-state index in [-0.39, 0.29) is 17.6 Å². The van der Waals surface area contributed by atoms with E-state index in [1.165, 1.54) is 57.8 Å². The summed E-state index contributed by atoms with van der Waals surface area (Å²) in [6.07, 6.45) is 12.2. The SMILES string of the molecule is CCCCCCCCCCCCSC1O[C@H](C)[C@@H](N=[N+]=[N-])[C@H](OCc2ccccc2)[C@H]1OCc1ccccc1. The van der Waals surface area contributed by atoms with Crippen LogP contribution in [0.5, 0.6) is 0 Å². The second-order valence-electron chi connectivity index (χ2n) is 10.5. The zero-order valence-corrected chi connectivity index (χ0v) is 24.6. The minimum Gasteiger partial charge on any atom is -0.370 e. The number of azide groups is 1. The van der Waals surface area contributed by atoms with Crippen LogP contribution >= 0.6 is 11.8 Å². The second-order valence-corrected chi connectivity index (χ2v) is 11.7. The number of hydrogen-bond acceptors (Lipinski definition) is 5. The maximum atomic E-state index is 9.32. The molecular weight excluding hydrogens is 506 g/mol. The molecule has 2 aromatic rings. The number of ether oxygens (including phenoxy) is 3. The number of unbranched alkanes of at least 4 members (excludes halogenated alkanes) is 9. The van der Waals surface area contributed by atoms with Gasteiger partial charge in [-0.25, -0.2) is 0 Å². The lowest BCUT2D eigenvalue weighted by Crippen LogP contribution is -2.56. The first kappa shape index (κ1) is 31.5. The highest BCUT2D eigenvalue weighted by molar-refractivity contribution is 7.99. The van der Waals surface area contributed by atoms with E-state index in [1.54, 1.807) is 11.8 Å². The molecule has 1 saturated heterocycles. The summed E-state index contributed by atoms with van der Waals surface area (Å²) < 4.78 is 19.4. The Morgan fingerprint density at radius 3 is 1.82 bits per heavy atom. The minimum absolute atomic E-state index is 0.187. The molecule has 0 saturated carbocycles. The van der Waals surface area contributed by atoms with E-state index in [2.05, 4.69) is 29.1 Å². The van der Waals surface area contributed by atoms with Crippen LogP contribution in [0.25, 0.3) is 10.4 Å². The topological polar surface area (TPSA) is 76.5 Å². The zero-order valence-electron chi connectivity index (χ0n) is 23.8. The van der Waals surface area contributed by atoms with Crippen LogP contribution in [0.15, 0.2) is 65.8 Å². The van der Waals surface area contributed by atoms with E-state index in [9.17, 15) is 5.53 Å². The fourth-order valence-corrected chi connectivity index (χ4v) is 6.31. The number of rotatable bonds is 19. The van der Waals surface area contributed by atoms with Gasteiger partial charge in [0.15, 0.2) is 0 Å². The lowest BCUT2D eigenvalue weighted by atomic mass is 9.98. The van der Waals surface area contributed by atoms with Crippen LogP contribution in [0.2, 0.25) is 0 Å². The van der Waals surface area contributed by atoms with Crippen LogP contribution in [-0.4, -0.2) is 35.5 Å². The molecule has 3 rings (SSSR count). The summed E-state index contributed by atoms with van der Waals surface area (Å²) in [4.78, 5) is 3.13. The van der Waals surface area contributed by atoms with Crippen molar-refractivity contribution in [1.82, 2.24) is 0 Å². The molecule has 1 heterocycles. The Hall–Kier alpha value is -2.02. The molecule has 0 radical (unpaired) electrons. The molecule has 1 aliphatic heterocycles. The van der Waals surface area contributed by atoms with Crippen molar-refractivity contribution in [3.8, 4) is 0 Å². The van der Waals surface area contributed by atoms with Gasteiger partial charge in [-0.1, -0.05) is 130 Å². The molecule has 0 amide bonds. The number of nitrogens with zero attached hydrogens (tertiary/aromatic N) is 3. The first-order valence-electron chi connectivity index (χ1n) is 14.8. The van der Waals surface area contributed by atoms with Gasteiger partial charge in [0.2, 0.25) is 0 Å². The van der Waals surface area contributed by atoms with Gasteiger partial charge in [0.05, 0.1) is 31.5 Å². The molecule has 39 heavy (non-hydrogen) atoms. The predicted octanol–water partition coefficient (Wildman–Crippen LogP) is 9.24.